The summed E-state index contributed by atoms with van der Waals surface area (Å²) >= 11 is 0. The quantitative estimate of drug-likeness (QED) is 0.659. The van der Waals surface area contributed by atoms with Gasteiger partial charge in [-0.25, -0.2) is 0 Å². The minimum Gasteiger partial charge on any atom is -0.313 e. The molecule has 0 aromatic carbocycles. The zero-order chi connectivity index (χ0) is 8.43. The first-order valence-corrected chi connectivity index (χ1v) is 4.84. The molecule has 1 aliphatic heterocycles. The Kier molecular flexibility index (Phi) is 2.94. The first-order chi connectivity index (χ1) is 5.11. The van der Waals surface area contributed by atoms with Gasteiger partial charge in [0.2, 0.25) is 0 Å². The molecule has 0 saturated carbocycles. The fourth-order valence-electron chi connectivity index (χ4n) is 1.89. The molecule has 0 amide bonds. The van der Waals surface area contributed by atoms with Crippen molar-refractivity contribution in [1.29, 1.82) is 0 Å². The zero-order valence-corrected chi connectivity index (χ0v) is 8.22. The van der Waals surface area contributed by atoms with Gasteiger partial charge in [0.25, 0.3) is 0 Å². The molecular weight excluding hydrogens is 134 g/mol. The molecule has 0 aromatic heterocycles. The maximum absolute atomic E-state index is 3.51. The van der Waals surface area contributed by atoms with Gasteiger partial charge in [-0.2, -0.15) is 0 Å². The zero-order valence-electron chi connectivity index (χ0n) is 8.22. The van der Waals surface area contributed by atoms with E-state index in [-0.39, 0.29) is 0 Å². The molecule has 1 fully saturated rings. The van der Waals surface area contributed by atoms with Crippen LogP contribution in [0.3, 0.4) is 0 Å². The summed E-state index contributed by atoms with van der Waals surface area (Å²) in [5.74, 6) is 2.64. The van der Waals surface area contributed by atoms with Crippen LogP contribution in [0.5, 0.6) is 0 Å². The molecule has 1 rings (SSSR count). The van der Waals surface area contributed by atoms with E-state index in [9.17, 15) is 0 Å². The first kappa shape index (κ1) is 9.05. The highest BCUT2D eigenvalue weighted by Crippen LogP contribution is 2.26. The summed E-state index contributed by atoms with van der Waals surface area (Å²) in [6, 6.07) is 0.815. The van der Waals surface area contributed by atoms with Gasteiger partial charge in [-0.05, 0) is 30.7 Å². The molecule has 0 aromatic rings. The van der Waals surface area contributed by atoms with Crippen molar-refractivity contribution in [3.05, 3.63) is 0 Å². The second-order valence-corrected chi connectivity index (χ2v) is 4.55. The maximum atomic E-state index is 3.51. The van der Waals surface area contributed by atoms with Gasteiger partial charge in [-0.3, -0.25) is 0 Å². The van der Waals surface area contributed by atoms with Gasteiger partial charge < -0.3 is 5.32 Å². The molecule has 0 aliphatic carbocycles. The maximum Gasteiger partial charge on any atom is 0.0112 e. The van der Waals surface area contributed by atoms with Crippen molar-refractivity contribution in [2.45, 2.75) is 40.2 Å². The summed E-state index contributed by atoms with van der Waals surface area (Å²) in [5.41, 5.74) is 0. The third-order valence-electron chi connectivity index (χ3n) is 2.71. The van der Waals surface area contributed by atoms with Crippen molar-refractivity contribution >= 4 is 0 Å². The van der Waals surface area contributed by atoms with Crippen LogP contribution >= 0.6 is 0 Å². The van der Waals surface area contributed by atoms with Crippen LogP contribution in [0, 0.1) is 17.8 Å². The van der Waals surface area contributed by atoms with E-state index in [1.165, 1.54) is 13.0 Å². The largest absolute Gasteiger partial charge is 0.313 e. The van der Waals surface area contributed by atoms with Crippen molar-refractivity contribution in [2.24, 2.45) is 17.8 Å². The molecule has 0 radical (unpaired) electrons. The van der Waals surface area contributed by atoms with Crippen molar-refractivity contribution < 1.29 is 0 Å². The van der Waals surface area contributed by atoms with Crippen molar-refractivity contribution in [2.75, 3.05) is 6.54 Å². The molecule has 2 unspecified atom stereocenters. The monoisotopic (exact) mass is 155 g/mol. The third kappa shape index (κ3) is 2.19. The van der Waals surface area contributed by atoms with E-state index in [2.05, 4.69) is 33.0 Å². The molecule has 2 atom stereocenters. The highest BCUT2D eigenvalue weighted by Gasteiger charge is 2.32. The lowest BCUT2D eigenvalue weighted by molar-refractivity contribution is 0.150. The van der Waals surface area contributed by atoms with E-state index in [4.69, 9.17) is 0 Å². The smallest absolute Gasteiger partial charge is 0.0112 e. The third-order valence-corrected chi connectivity index (χ3v) is 2.71. The van der Waals surface area contributed by atoms with Gasteiger partial charge in [-0.1, -0.05) is 27.7 Å². The van der Waals surface area contributed by atoms with E-state index in [0.717, 1.165) is 23.8 Å². The molecule has 0 bridgehead atoms. The molecule has 1 heteroatoms. The van der Waals surface area contributed by atoms with E-state index in [1.807, 2.05) is 0 Å². The highest BCUT2D eigenvalue weighted by atomic mass is 15.0. The summed E-state index contributed by atoms with van der Waals surface area (Å²) in [6.45, 7) is 10.5. The summed E-state index contributed by atoms with van der Waals surface area (Å²) < 4.78 is 0. The lowest BCUT2D eigenvalue weighted by atomic mass is 9.78. The molecule has 11 heavy (non-hydrogen) atoms. The normalized spacial score (nSPS) is 31.1. The van der Waals surface area contributed by atoms with Gasteiger partial charge in [0, 0.05) is 6.04 Å². The molecule has 0 spiro atoms. The minimum absolute atomic E-state index is 0.815. The molecular formula is C10H21N. The molecule has 1 heterocycles. The fraction of sp³-hybridized carbons (Fsp3) is 1.00. The Balaban J connectivity index is 2.26. The molecule has 1 aliphatic rings. The van der Waals surface area contributed by atoms with Crippen LogP contribution in [0.2, 0.25) is 0 Å². The summed E-state index contributed by atoms with van der Waals surface area (Å²) in [6.07, 6.45) is 1.35. The summed E-state index contributed by atoms with van der Waals surface area (Å²) in [7, 11) is 0. The Morgan fingerprint density at radius 3 is 2.18 bits per heavy atom. The van der Waals surface area contributed by atoms with Crippen LogP contribution in [0.1, 0.15) is 34.1 Å². The number of rotatable bonds is 3. The number of hydrogen-bond donors (Lipinski definition) is 1. The van der Waals surface area contributed by atoms with Crippen molar-refractivity contribution in [3.63, 3.8) is 0 Å². The predicted octanol–water partition coefficient (Wildman–Crippen LogP) is 2.28. The second-order valence-electron chi connectivity index (χ2n) is 4.55. The van der Waals surface area contributed by atoms with E-state index >= 15 is 0 Å². The Hall–Kier alpha value is -0.0400. The second kappa shape index (κ2) is 3.57. The fourth-order valence-corrected chi connectivity index (χ4v) is 1.89. The van der Waals surface area contributed by atoms with Gasteiger partial charge in [0.05, 0.1) is 0 Å². The van der Waals surface area contributed by atoms with Crippen LogP contribution < -0.4 is 5.32 Å². The molecule has 1 N–H and O–H groups in total. The first-order valence-electron chi connectivity index (χ1n) is 4.84. The van der Waals surface area contributed by atoms with Crippen LogP contribution in [-0.2, 0) is 0 Å². The van der Waals surface area contributed by atoms with Gasteiger partial charge in [0.15, 0.2) is 0 Å². The molecule has 1 saturated heterocycles. The lowest BCUT2D eigenvalue weighted by Crippen LogP contribution is -2.55. The summed E-state index contributed by atoms with van der Waals surface area (Å²) in [5, 5.41) is 3.51. The van der Waals surface area contributed by atoms with Gasteiger partial charge in [-0.15, -0.1) is 0 Å². The van der Waals surface area contributed by atoms with E-state index in [0.29, 0.717) is 0 Å². The average Bonchev–Trinajstić information content (AvgIpc) is 1.78. The topological polar surface area (TPSA) is 12.0 Å². The van der Waals surface area contributed by atoms with E-state index in [1.54, 1.807) is 0 Å². The van der Waals surface area contributed by atoms with Crippen molar-refractivity contribution in [1.82, 2.24) is 5.32 Å². The number of hydrogen-bond acceptors (Lipinski definition) is 1. The Morgan fingerprint density at radius 2 is 1.91 bits per heavy atom. The van der Waals surface area contributed by atoms with Gasteiger partial charge >= 0.3 is 0 Å². The van der Waals surface area contributed by atoms with Crippen LogP contribution in [-0.4, -0.2) is 12.6 Å². The predicted molar refractivity (Wildman–Crippen MR) is 49.6 cm³/mol. The SMILES string of the molecule is CC(C)CC1NCC1C(C)C. The lowest BCUT2D eigenvalue weighted by Gasteiger charge is -2.42. The molecule has 66 valence electrons. The summed E-state index contributed by atoms with van der Waals surface area (Å²) in [4.78, 5) is 0. The van der Waals surface area contributed by atoms with Gasteiger partial charge in [0.1, 0.15) is 0 Å². The van der Waals surface area contributed by atoms with Crippen LogP contribution in [0.15, 0.2) is 0 Å². The Labute approximate surface area is 70.6 Å². The Morgan fingerprint density at radius 1 is 1.27 bits per heavy atom. The molecule has 1 nitrogen and oxygen atoms in total. The standard InChI is InChI=1S/C10H21N/c1-7(2)5-10-9(6-11-10)8(3)4/h7-11H,5-6H2,1-4H3. The Bertz CT molecular complexity index is 118. The van der Waals surface area contributed by atoms with E-state index < -0.39 is 0 Å². The minimum atomic E-state index is 0.815. The van der Waals surface area contributed by atoms with Crippen molar-refractivity contribution in [3.8, 4) is 0 Å². The van der Waals surface area contributed by atoms with Crippen LogP contribution in [0.4, 0.5) is 0 Å². The average molecular weight is 155 g/mol. The number of nitrogens with one attached hydrogen (secondary N) is 1. The highest BCUT2D eigenvalue weighted by molar-refractivity contribution is 4.89. The van der Waals surface area contributed by atoms with Crippen LogP contribution in [0.25, 0.3) is 0 Å².